The Balaban J connectivity index is 1.51. The number of aromatic nitrogens is 2. The predicted octanol–water partition coefficient (Wildman–Crippen LogP) is 1.96. The van der Waals surface area contributed by atoms with Crippen molar-refractivity contribution in [2.75, 3.05) is 6.54 Å². The second-order valence-corrected chi connectivity index (χ2v) is 5.48. The van der Waals surface area contributed by atoms with Gasteiger partial charge in [0.05, 0.1) is 17.4 Å². The molecule has 0 aliphatic heterocycles. The van der Waals surface area contributed by atoms with Crippen molar-refractivity contribution >= 4 is 22.8 Å². The molecule has 0 spiro atoms. The second-order valence-electron chi connectivity index (χ2n) is 5.48. The standard InChI is InChI=1S/C18H18N4O2/c19-17(23)13-6-8-14(9-7-13)18(24)20-10-3-11-22-12-21-15-4-1-2-5-16(15)22/h1-2,4-9,12H,3,10-11H2,(H2,19,23)(H,20,24). The van der Waals surface area contributed by atoms with Gasteiger partial charge < -0.3 is 15.6 Å². The molecule has 0 bridgehead atoms. The van der Waals surface area contributed by atoms with E-state index in [-0.39, 0.29) is 5.91 Å². The number of carbonyl (C=O) groups excluding carboxylic acids is 2. The normalized spacial score (nSPS) is 10.7. The van der Waals surface area contributed by atoms with Crippen LogP contribution in [0, 0.1) is 0 Å². The summed E-state index contributed by atoms with van der Waals surface area (Å²) in [4.78, 5) is 27.4. The second kappa shape index (κ2) is 6.95. The first-order chi connectivity index (χ1) is 11.6. The van der Waals surface area contributed by atoms with Crippen molar-refractivity contribution in [1.82, 2.24) is 14.9 Å². The number of hydrogen-bond donors (Lipinski definition) is 2. The van der Waals surface area contributed by atoms with Crippen LogP contribution in [-0.4, -0.2) is 27.9 Å². The summed E-state index contributed by atoms with van der Waals surface area (Å²) in [5, 5.41) is 2.87. The van der Waals surface area contributed by atoms with Gasteiger partial charge in [-0.15, -0.1) is 0 Å². The maximum Gasteiger partial charge on any atom is 0.251 e. The molecule has 0 aliphatic rings. The summed E-state index contributed by atoms with van der Waals surface area (Å²) in [6.07, 6.45) is 2.61. The molecule has 1 heterocycles. The van der Waals surface area contributed by atoms with Crippen LogP contribution in [0.15, 0.2) is 54.9 Å². The average Bonchev–Trinajstić information content (AvgIpc) is 3.02. The Morgan fingerprint density at radius 2 is 1.75 bits per heavy atom. The molecule has 0 fully saturated rings. The van der Waals surface area contributed by atoms with Gasteiger partial charge in [0.15, 0.2) is 0 Å². The predicted molar refractivity (Wildman–Crippen MR) is 91.6 cm³/mol. The molecule has 0 saturated heterocycles. The minimum Gasteiger partial charge on any atom is -0.366 e. The smallest absolute Gasteiger partial charge is 0.251 e. The van der Waals surface area contributed by atoms with Gasteiger partial charge in [-0.25, -0.2) is 4.98 Å². The molecule has 2 amide bonds. The van der Waals surface area contributed by atoms with Crippen LogP contribution in [0.25, 0.3) is 11.0 Å². The van der Waals surface area contributed by atoms with Crippen molar-refractivity contribution in [3.63, 3.8) is 0 Å². The summed E-state index contributed by atoms with van der Waals surface area (Å²) in [5.41, 5.74) is 8.13. The number of nitrogens with two attached hydrogens (primary N) is 1. The first kappa shape index (κ1) is 15.7. The fourth-order valence-corrected chi connectivity index (χ4v) is 2.53. The number of amides is 2. The molecule has 24 heavy (non-hydrogen) atoms. The van der Waals surface area contributed by atoms with E-state index < -0.39 is 5.91 Å². The molecule has 6 heteroatoms. The Kier molecular flexibility index (Phi) is 4.56. The van der Waals surface area contributed by atoms with Crippen LogP contribution < -0.4 is 11.1 Å². The Bertz CT molecular complexity index is 868. The Labute approximate surface area is 139 Å². The summed E-state index contributed by atoms with van der Waals surface area (Å²) in [6.45, 7) is 1.34. The van der Waals surface area contributed by atoms with Crippen LogP contribution in [0.5, 0.6) is 0 Å². The Hall–Kier alpha value is -3.15. The zero-order valence-corrected chi connectivity index (χ0v) is 13.1. The van der Waals surface area contributed by atoms with E-state index in [9.17, 15) is 9.59 Å². The van der Waals surface area contributed by atoms with E-state index in [1.807, 2.05) is 30.6 Å². The molecule has 2 aromatic carbocycles. The van der Waals surface area contributed by atoms with Gasteiger partial charge in [-0.3, -0.25) is 9.59 Å². The van der Waals surface area contributed by atoms with Crippen LogP contribution >= 0.6 is 0 Å². The maximum absolute atomic E-state index is 12.1. The van der Waals surface area contributed by atoms with E-state index >= 15 is 0 Å². The van der Waals surface area contributed by atoms with Crippen molar-refractivity contribution in [2.24, 2.45) is 5.73 Å². The number of rotatable bonds is 6. The molecule has 0 aliphatic carbocycles. The lowest BCUT2D eigenvalue weighted by molar-refractivity contribution is 0.0950. The fourth-order valence-electron chi connectivity index (χ4n) is 2.53. The zero-order chi connectivity index (χ0) is 16.9. The van der Waals surface area contributed by atoms with Gasteiger partial charge in [0.25, 0.3) is 5.91 Å². The Morgan fingerprint density at radius 1 is 1.04 bits per heavy atom. The van der Waals surface area contributed by atoms with E-state index in [1.54, 1.807) is 24.3 Å². The quantitative estimate of drug-likeness (QED) is 0.680. The van der Waals surface area contributed by atoms with Crippen molar-refractivity contribution in [3.8, 4) is 0 Å². The van der Waals surface area contributed by atoms with Crippen molar-refractivity contribution < 1.29 is 9.59 Å². The highest BCUT2D eigenvalue weighted by Crippen LogP contribution is 2.12. The van der Waals surface area contributed by atoms with E-state index in [2.05, 4.69) is 14.9 Å². The third-order valence-electron chi connectivity index (χ3n) is 3.82. The van der Waals surface area contributed by atoms with Crippen molar-refractivity contribution in [2.45, 2.75) is 13.0 Å². The van der Waals surface area contributed by atoms with Crippen molar-refractivity contribution in [1.29, 1.82) is 0 Å². The lowest BCUT2D eigenvalue weighted by Crippen LogP contribution is -2.25. The highest BCUT2D eigenvalue weighted by atomic mass is 16.2. The van der Waals surface area contributed by atoms with Gasteiger partial charge in [-0.05, 0) is 42.8 Å². The summed E-state index contributed by atoms with van der Waals surface area (Å²) in [5.74, 6) is -0.670. The van der Waals surface area contributed by atoms with Gasteiger partial charge in [0, 0.05) is 24.2 Å². The van der Waals surface area contributed by atoms with Crippen LogP contribution in [0.4, 0.5) is 0 Å². The molecule has 0 unspecified atom stereocenters. The molecule has 0 saturated carbocycles. The molecule has 122 valence electrons. The molecule has 6 nitrogen and oxygen atoms in total. The first-order valence-electron chi connectivity index (χ1n) is 7.73. The largest absolute Gasteiger partial charge is 0.366 e. The summed E-state index contributed by atoms with van der Waals surface area (Å²) < 4.78 is 2.07. The van der Waals surface area contributed by atoms with Gasteiger partial charge in [-0.2, -0.15) is 0 Å². The highest BCUT2D eigenvalue weighted by molar-refractivity contribution is 5.97. The van der Waals surface area contributed by atoms with Gasteiger partial charge in [0.2, 0.25) is 5.91 Å². The molecular weight excluding hydrogens is 304 g/mol. The minimum atomic E-state index is -0.505. The van der Waals surface area contributed by atoms with Crippen LogP contribution in [0.2, 0.25) is 0 Å². The number of nitrogens with zero attached hydrogens (tertiary/aromatic N) is 2. The number of carbonyl (C=O) groups is 2. The third-order valence-corrected chi connectivity index (χ3v) is 3.82. The number of para-hydroxylation sites is 2. The monoisotopic (exact) mass is 322 g/mol. The van der Waals surface area contributed by atoms with E-state index in [0.717, 1.165) is 24.0 Å². The summed E-state index contributed by atoms with van der Waals surface area (Å²) in [7, 11) is 0. The SMILES string of the molecule is NC(=O)c1ccc(C(=O)NCCCn2cnc3ccccc32)cc1. The van der Waals surface area contributed by atoms with Gasteiger partial charge >= 0.3 is 0 Å². The fraction of sp³-hybridized carbons (Fsp3) is 0.167. The summed E-state index contributed by atoms with van der Waals surface area (Å²) in [6, 6.07) is 14.2. The van der Waals surface area contributed by atoms with E-state index in [1.165, 1.54) is 0 Å². The van der Waals surface area contributed by atoms with Crippen LogP contribution in [-0.2, 0) is 6.54 Å². The third kappa shape index (κ3) is 3.43. The lowest BCUT2D eigenvalue weighted by Gasteiger charge is -2.07. The maximum atomic E-state index is 12.1. The molecule has 3 rings (SSSR count). The molecule has 0 radical (unpaired) electrons. The number of aryl methyl sites for hydroxylation is 1. The zero-order valence-electron chi connectivity index (χ0n) is 13.1. The lowest BCUT2D eigenvalue weighted by atomic mass is 10.1. The molecular formula is C18H18N4O2. The molecule has 3 N–H and O–H groups in total. The van der Waals surface area contributed by atoms with E-state index in [4.69, 9.17) is 5.73 Å². The highest BCUT2D eigenvalue weighted by Gasteiger charge is 2.07. The average molecular weight is 322 g/mol. The van der Waals surface area contributed by atoms with Crippen LogP contribution in [0.3, 0.4) is 0 Å². The number of imidazole rings is 1. The van der Waals surface area contributed by atoms with Crippen molar-refractivity contribution in [3.05, 3.63) is 66.0 Å². The van der Waals surface area contributed by atoms with Crippen LogP contribution in [0.1, 0.15) is 27.1 Å². The first-order valence-corrected chi connectivity index (χ1v) is 7.73. The summed E-state index contributed by atoms with van der Waals surface area (Å²) >= 11 is 0. The number of nitrogens with one attached hydrogen (secondary N) is 1. The minimum absolute atomic E-state index is 0.165. The molecule has 1 aromatic heterocycles. The topological polar surface area (TPSA) is 90.0 Å². The van der Waals surface area contributed by atoms with Gasteiger partial charge in [-0.1, -0.05) is 12.1 Å². The molecule has 3 aromatic rings. The van der Waals surface area contributed by atoms with E-state index in [0.29, 0.717) is 17.7 Å². The number of primary amides is 1. The van der Waals surface area contributed by atoms with Gasteiger partial charge in [0.1, 0.15) is 0 Å². The number of fused-ring (bicyclic) bond motifs is 1. The number of hydrogen-bond acceptors (Lipinski definition) is 3. The molecule has 0 atom stereocenters. The Morgan fingerprint density at radius 3 is 2.50 bits per heavy atom. The number of benzene rings is 2.